The fourth-order valence-corrected chi connectivity index (χ4v) is 6.28. The molecule has 0 spiro atoms. The third-order valence-electron chi connectivity index (χ3n) is 8.50. The first kappa shape index (κ1) is 39.8. The molecule has 5 heteroatoms. The van der Waals surface area contributed by atoms with Crippen LogP contribution in [0.4, 0.5) is 0 Å². The maximum Gasteiger partial charge on any atom is 0.00772 e. The Morgan fingerprint density at radius 3 is 1.02 bits per heavy atom. The third-order valence-corrected chi connectivity index (χ3v) is 8.50. The molecule has 0 aromatic carbocycles. The largest absolute Gasteiger partial charge is 0.315 e. The lowest BCUT2D eigenvalue weighted by molar-refractivity contribution is 0.324. The van der Waals surface area contributed by atoms with Crippen molar-refractivity contribution in [1.82, 2.24) is 26.6 Å². The SMILES string of the molecule is CCC(C)CC(C)CC(C)CCCCNCCNCCNCCNCCNCCCCC(C)CC(C)CC(C)C. The fourth-order valence-electron chi connectivity index (χ4n) is 6.28. The first-order valence-corrected chi connectivity index (χ1v) is 17.8. The lowest BCUT2D eigenvalue weighted by Crippen LogP contribution is -2.36. The molecule has 0 bridgehead atoms. The zero-order valence-electron chi connectivity index (χ0n) is 28.8. The van der Waals surface area contributed by atoms with Crippen LogP contribution in [-0.2, 0) is 0 Å². The maximum absolute atomic E-state index is 3.60. The van der Waals surface area contributed by atoms with Gasteiger partial charge in [0.05, 0.1) is 0 Å². The minimum Gasteiger partial charge on any atom is -0.315 e. The topological polar surface area (TPSA) is 60.1 Å². The summed E-state index contributed by atoms with van der Waals surface area (Å²) in [5, 5.41) is 17.8. The van der Waals surface area contributed by atoms with Gasteiger partial charge in [0.15, 0.2) is 0 Å². The molecule has 5 N–H and O–H groups in total. The average molecular weight is 568 g/mol. The van der Waals surface area contributed by atoms with Crippen molar-refractivity contribution >= 4 is 0 Å². The monoisotopic (exact) mass is 568 g/mol. The molecule has 40 heavy (non-hydrogen) atoms. The number of hydrogen-bond acceptors (Lipinski definition) is 5. The number of hydrogen-bond donors (Lipinski definition) is 5. The standard InChI is InChI=1S/C35H77N5/c1-9-31(4)27-35(8)29-33(6)15-11-13-17-37-19-21-39-23-25-40-24-22-38-20-18-36-16-12-10-14-32(5)28-34(7)26-30(2)3/h30-40H,9-29H2,1-8H3. The van der Waals surface area contributed by atoms with E-state index in [2.05, 4.69) is 82.0 Å². The molecular weight excluding hydrogens is 490 g/mol. The molecule has 0 radical (unpaired) electrons. The van der Waals surface area contributed by atoms with Gasteiger partial charge in [-0.05, 0) is 87.1 Å². The van der Waals surface area contributed by atoms with Crippen molar-refractivity contribution in [3.8, 4) is 0 Å². The highest BCUT2D eigenvalue weighted by atomic mass is 15.0. The molecule has 0 aliphatic rings. The summed E-state index contributed by atoms with van der Waals surface area (Å²) < 4.78 is 0. The zero-order valence-corrected chi connectivity index (χ0v) is 28.8. The van der Waals surface area contributed by atoms with Crippen molar-refractivity contribution in [2.45, 2.75) is 126 Å². The van der Waals surface area contributed by atoms with Crippen molar-refractivity contribution in [1.29, 1.82) is 0 Å². The molecule has 5 nitrogen and oxygen atoms in total. The van der Waals surface area contributed by atoms with Crippen molar-refractivity contribution in [3.05, 3.63) is 0 Å². The van der Waals surface area contributed by atoms with E-state index in [1.54, 1.807) is 0 Å². The molecule has 242 valence electrons. The summed E-state index contributed by atoms with van der Waals surface area (Å²) in [7, 11) is 0. The predicted octanol–water partition coefficient (Wildman–Crippen LogP) is 7.08. The molecule has 0 aliphatic carbocycles. The van der Waals surface area contributed by atoms with E-state index in [4.69, 9.17) is 0 Å². The summed E-state index contributed by atoms with van der Waals surface area (Å²) >= 11 is 0. The van der Waals surface area contributed by atoms with E-state index in [-0.39, 0.29) is 0 Å². The van der Waals surface area contributed by atoms with Crippen molar-refractivity contribution in [2.24, 2.45) is 35.5 Å². The van der Waals surface area contributed by atoms with Crippen LogP contribution in [0.15, 0.2) is 0 Å². The van der Waals surface area contributed by atoms with Crippen LogP contribution in [0.3, 0.4) is 0 Å². The number of rotatable bonds is 31. The zero-order chi connectivity index (χ0) is 29.8. The van der Waals surface area contributed by atoms with Crippen LogP contribution >= 0.6 is 0 Å². The highest BCUT2D eigenvalue weighted by molar-refractivity contribution is 4.65. The second kappa shape index (κ2) is 28.9. The molecular formula is C35H77N5. The number of unbranched alkanes of at least 4 members (excludes halogenated alkanes) is 2. The Labute approximate surface area is 253 Å². The fraction of sp³-hybridized carbons (Fsp3) is 1.00. The van der Waals surface area contributed by atoms with E-state index in [1.165, 1.54) is 70.6 Å². The Kier molecular flexibility index (Phi) is 28.8. The van der Waals surface area contributed by atoms with Gasteiger partial charge in [0.1, 0.15) is 0 Å². The summed E-state index contributed by atoms with van der Waals surface area (Å²) in [5.74, 6) is 5.24. The molecule has 0 saturated carbocycles. The highest BCUT2D eigenvalue weighted by Crippen LogP contribution is 2.24. The van der Waals surface area contributed by atoms with Gasteiger partial charge in [-0.15, -0.1) is 0 Å². The van der Waals surface area contributed by atoms with Gasteiger partial charge in [-0.2, -0.15) is 0 Å². The second-order valence-corrected chi connectivity index (χ2v) is 14.0. The minimum atomic E-state index is 0.836. The molecule has 5 atom stereocenters. The quantitative estimate of drug-likeness (QED) is 0.0580. The Morgan fingerprint density at radius 1 is 0.350 bits per heavy atom. The second-order valence-electron chi connectivity index (χ2n) is 14.0. The summed E-state index contributed by atoms with van der Waals surface area (Å²) in [6.07, 6.45) is 15.0. The van der Waals surface area contributed by atoms with Gasteiger partial charge in [-0.3, -0.25) is 0 Å². The van der Waals surface area contributed by atoms with Crippen molar-refractivity contribution in [2.75, 3.05) is 65.4 Å². The van der Waals surface area contributed by atoms with Gasteiger partial charge in [0.2, 0.25) is 0 Å². The van der Waals surface area contributed by atoms with Crippen LogP contribution in [-0.4, -0.2) is 65.4 Å². The summed E-state index contributed by atoms with van der Waals surface area (Å²) in [6, 6.07) is 0. The Balaban J connectivity index is 3.26. The smallest absolute Gasteiger partial charge is 0.00772 e. The van der Waals surface area contributed by atoms with Crippen molar-refractivity contribution in [3.63, 3.8) is 0 Å². The van der Waals surface area contributed by atoms with Crippen molar-refractivity contribution < 1.29 is 0 Å². The molecule has 0 aliphatic heterocycles. The van der Waals surface area contributed by atoms with E-state index in [0.29, 0.717) is 0 Å². The summed E-state index contributed by atoms with van der Waals surface area (Å²) in [5.41, 5.74) is 0. The normalized spacial score (nSPS) is 15.8. The first-order valence-electron chi connectivity index (χ1n) is 17.8. The first-order chi connectivity index (χ1) is 19.2. The highest BCUT2D eigenvalue weighted by Gasteiger charge is 2.12. The average Bonchev–Trinajstić information content (AvgIpc) is 2.88. The van der Waals surface area contributed by atoms with Gasteiger partial charge in [0, 0.05) is 52.4 Å². The molecule has 0 saturated heterocycles. The lowest BCUT2D eigenvalue weighted by Gasteiger charge is -2.20. The molecule has 0 heterocycles. The maximum atomic E-state index is 3.60. The molecule has 0 aromatic heterocycles. The van der Waals surface area contributed by atoms with Crippen LogP contribution in [0.1, 0.15) is 126 Å². The van der Waals surface area contributed by atoms with Crippen LogP contribution in [0, 0.1) is 35.5 Å². The van der Waals surface area contributed by atoms with Crippen LogP contribution in [0.5, 0.6) is 0 Å². The lowest BCUT2D eigenvalue weighted by atomic mass is 9.87. The van der Waals surface area contributed by atoms with E-state index in [1.807, 2.05) is 0 Å². The molecule has 5 unspecified atom stereocenters. The van der Waals surface area contributed by atoms with Crippen LogP contribution < -0.4 is 26.6 Å². The summed E-state index contributed by atoms with van der Waals surface area (Å²) in [6.45, 7) is 29.9. The molecule has 0 aromatic rings. The summed E-state index contributed by atoms with van der Waals surface area (Å²) in [4.78, 5) is 0. The third kappa shape index (κ3) is 29.3. The molecule has 0 rings (SSSR count). The van der Waals surface area contributed by atoms with E-state index in [9.17, 15) is 0 Å². The van der Waals surface area contributed by atoms with E-state index in [0.717, 1.165) is 101 Å². The Morgan fingerprint density at radius 2 is 0.675 bits per heavy atom. The predicted molar refractivity (Wildman–Crippen MR) is 181 cm³/mol. The Hall–Kier alpha value is -0.200. The minimum absolute atomic E-state index is 0.836. The molecule has 0 fully saturated rings. The Bertz CT molecular complexity index is 500. The van der Waals surface area contributed by atoms with Crippen LogP contribution in [0.25, 0.3) is 0 Å². The van der Waals surface area contributed by atoms with Gasteiger partial charge in [-0.25, -0.2) is 0 Å². The van der Waals surface area contributed by atoms with E-state index < -0.39 is 0 Å². The van der Waals surface area contributed by atoms with E-state index >= 15 is 0 Å². The number of nitrogens with one attached hydrogen (secondary N) is 5. The van der Waals surface area contributed by atoms with Gasteiger partial charge >= 0.3 is 0 Å². The van der Waals surface area contributed by atoms with Crippen LogP contribution in [0.2, 0.25) is 0 Å². The molecule has 0 amide bonds. The van der Waals surface area contributed by atoms with Gasteiger partial charge in [-0.1, -0.05) is 87.5 Å². The van der Waals surface area contributed by atoms with Gasteiger partial charge < -0.3 is 26.6 Å². The van der Waals surface area contributed by atoms with Gasteiger partial charge in [0.25, 0.3) is 0 Å².